The van der Waals surface area contributed by atoms with Gasteiger partial charge in [0.2, 0.25) is 5.91 Å². The zero-order chi connectivity index (χ0) is 30.6. The fraction of sp³-hybridized carbons (Fsp3) is 0.304. The Bertz CT molecular complexity index is 1260. The summed E-state index contributed by atoms with van der Waals surface area (Å²) in [5, 5.41) is 11.5. The van der Waals surface area contributed by atoms with Crippen molar-refractivity contribution >= 4 is 52.7 Å². The second-order valence-electron chi connectivity index (χ2n) is 8.02. The van der Waals surface area contributed by atoms with Crippen molar-refractivity contribution in [1.82, 2.24) is 10.6 Å². The molecule has 0 aliphatic heterocycles. The number of carbonyl (C=O) groups excluding carboxylic acids is 2. The summed E-state index contributed by atoms with van der Waals surface area (Å²) in [7, 11) is 0. The van der Waals surface area contributed by atoms with Crippen molar-refractivity contribution in [3.8, 4) is 0 Å². The molecule has 17 heteroatoms. The predicted molar refractivity (Wildman–Crippen MR) is 128 cm³/mol. The molecule has 0 aliphatic rings. The lowest BCUT2D eigenvalue weighted by atomic mass is 9.96. The molecule has 0 radical (unpaired) electrons. The van der Waals surface area contributed by atoms with Gasteiger partial charge in [0.25, 0.3) is 5.91 Å². The van der Waals surface area contributed by atoms with Crippen LogP contribution in [0.3, 0.4) is 0 Å². The van der Waals surface area contributed by atoms with Crippen molar-refractivity contribution in [2.24, 2.45) is 0 Å². The van der Waals surface area contributed by atoms with E-state index in [0.29, 0.717) is 24.3 Å². The highest BCUT2D eigenvalue weighted by Crippen LogP contribution is 2.41. The zero-order valence-electron chi connectivity index (χ0n) is 19.4. The number of halogens is 12. The molecule has 0 spiro atoms. The molecule has 2 aromatic carbocycles. The Morgan fingerprint density at radius 2 is 1.50 bits per heavy atom. The van der Waals surface area contributed by atoms with Crippen LogP contribution in [0, 0.1) is 0 Å². The first-order valence-electron chi connectivity index (χ1n) is 10.6. The first-order valence-corrected chi connectivity index (χ1v) is 11.7. The van der Waals surface area contributed by atoms with E-state index >= 15 is 0 Å². The fourth-order valence-corrected chi connectivity index (χ4v) is 3.82. The van der Waals surface area contributed by atoms with Crippen LogP contribution >= 0.6 is 34.8 Å². The Kier molecular flexibility index (Phi) is 10.8. The number of amides is 2. The summed E-state index contributed by atoms with van der Waals surface area (Å²) >= 11 is 17.3. The van der Waals surface area contributed by atoms with E-state index in [4.69, 9.17) is 34.8 Å². The van der Waals surface area contributed by atoms with Crippen molar-refractivity contribution < 1.29 is 54.2 Å². The van der Waals surface area contributed by atoms with Gasteiger partial charge in [-0.2, -0.15) is 39.5 Å². The lowest BCUT2D eigenvalue weighted by Gasteiger charge is -2.19. The maximum atomic E-state index is 13.7. The highest BCUT2D eigenvalue weighted by molar-refractivity contribution is 6.48. The summed E-state index contributed by atoms with van der Waals surface area (Å²) in [5.74, 6) is -5.50. The van der Waals surface area contributed by atoms with E-state index in [0.717, 1.165) is 18.2 Å². The summed E-state index contributed by atoms with van der Waals surface area (Å²) in [5.41, 5.74) is -3.64. The largest absolute Gasteiger partial charge is 0.417 e. The highest BCUT2D eigenvalue weighted by atomic mass is 35.5. The fourth-order valence-electron chi connectivity index (χ4n) is 3.21. The van der Waals surface area contributed by atoms with Crippen molar-refractivity contribution in [3.05, 3.63) is 73.7 Å². The first kappa shape index (κ1) is 33.5. The Morgan fingerprint density at radius 1 is 0.925 bits per heavy atom. The molecule has 2 amide bonds. The maximum absolute atomic E-state index is 13.7. The number of rotatable bonds is 8. The molecule has 0 saturated carbocycles. The van der Waals surface area contributed by atoms with Gasteiger partial charge in [-0.05, 0) is 35.4 Å². The maximum Gasteiger partial charge on any atom is 0.417 e. The molecule has 0 saturated heterocycles. The summed E-state index contributed by atoms with van der Waals surface area (Å²) in [4.78, 5) is 24.2. The lowest BCUT2D eigenvalue weighted by Crippen LogP contribution is -2.50. The van der Waals surface area contributed by atoms with Crippen LogP contribution < -0.4 is 10.6 Å². The Labute approximate surface area is 234 Å². The van der Waals surface area contributed by atoms with Gasteiger partial charge in [-0.15, -0.1) is 0 Å². The van der Waals surface area contributed by atoms with Gasteiger partial charge in [-0.1, -0.05) is 53.0 Å². The lowest BCUT2D eigenvalue weighted by molar-refractivity contribution is -0.140. The normalized spacial score (nSPS) is 14.2. The predicted octanol–water partition coefficient (Wildman–Crippen LogP) is 6.79. The average Bonchev–Trinajstić information content (AvgIpc) is 2.82. The van der Waals surface area contributed by atoms with Gasteiger partial charge in [-0.25, -0.2) is 0 Å². The zero-order valence-corrected chi connectivity index (χ0v) is 21.7. The van der Waals surface area contributed by atoms with Gasteiger partial charge in [0, 0.05) is 0 Å². The van der Waals surface area contributed by atoms with Gasteiger partial charge in [-0.3, -0.25) is 9.59 Å². The van der Waals surface area contributed by atoms with Crippen LogP contribution in [0.5, 0.6) is 0 Å². The minimum Gasteiger partial charge on any atom is -0.394 e. The number of nitrogens with one attached hydrogen (secondary N) is 2. The van der Waals surface area contributed by atoms with Gasteiger partial charge < -0.3 is 15.7 Å². The van der Waals surface area contributed by atoms with Crippen LogP contribution in [0.1, 0.15) is 33.0 Å². The molecule has 5 nitrogen and oxygen atoms in total. The van der Waals surface area contributed by atoms with E-state index < -0.39 is 77.7 Å². The minimum absolute atomic E-state index is 0.207. The molecule has 2 aromatic rings. The molecule has 2 rings (SSSR count). The molecule has 2 atom stereocenters. The van der Waals surface area contributed by atoms with E-state index in [1.807, 2.05) is 0 Å². The number of aliphatic hydroxyl groups excluding tert-OH is 1. The highest BCUT2D eigenvalue weighted by Gasteiger charge is 2.40. The molecule has 0 fully saturated rings. The third kappa shape index (κ3) is 9.18. The standard InChI is InChI=1S/C23H16Cl3F9N2O3/c24-15-6-11(7-16(25)18(15)26)13(22(30,31)32)4-2-10-1-3-12(14(5-10)23(33,34)35)19(39)37-17(8-38)20(40)36-9-21(27,28)29/h1-7,13,17,38H,8-9H2,(H,36,40)(H,37,39)/b4-2+/t13?,17-/m1/s1. The van der Waals surface area contributed by atoms with E-state index in [1.54, 1.807) is 5.32 Å². The molecule has 40 heavy (non-hydrogen) atoms. The molecular weight excluding hydrogens is 630 g/mol. The van der Waals surface area contributed by atoms with Crippen LogP contribution in [0.25, 0.3) is 6.08 Å². The number of aliphatic hydroxyl groups is 1. The SMILES string of the molecule is O=C(N[C@H](CO)C(=O)NCC(F)(F)F)c1ccc(/C=C/C(c2cc(Cl)c(Cl)c(Cl)c2)C(F)(F)F)cc1C(F)(F)F. The van der Waals surface area contributed by atoms with Crippen molar-refractivity contribution in [3.63, 3.8) is 0 Å². The van der Waals surface area contributed by atoms with Crippen molar-refractivity contribution in [2.45, 2.75) is 30.5 Å². The Morgan fingerprint density at radius 3 is 1.98 bits per heavy atom. The van der Waals surface area contributed by atoms with Crippen molar-refractivity contribution in [1.29, 1.82) is 0 Å². The molecule has 0 aromatic heterocycles. The summed E-state index contributed by atoms with van der Waals surface area (Å²) in [6, 6.07) is 1.51. The average molecular weight is 646 g/mol. The minimum atomic E-state index is -5.23. The number of carbonyl (C=O) groups is 2. The van der Waals surface area contributed by atoms with Gasteiger partial charge in [0.15, 0.2) is 0 Å². The topological polar surface area (TPSA) is 78.4 Å². The molecule has 0 heterocycles. The summed E-state index contributed by atoms with van der Waals surface area (Å²) in [6.45, 7) is -3.09. The summed E-state index contributed by atoms with van der Waals surface area (Å²) in [6.07, 6.45) is -13.8. The third-order valence-corrected chi connectivity index (χ3v) is 6.26. The third-order valence-electron chi connectivity index (χ3n) is 5.06. The van der Waals surface area contributed by atoms with Crippen LogP contribution in [-0.2, 0) is 11.0 Å². The summed E-state index contributed by atoms with van der Waals surface area (Å²) < 4.78 is 119. The van der Waals surface area contributed by atoms with Crippen LogP contribution in [0.4, 0.5) is 39.5 Å². The quantitative estimate of drug-likeness (QED) is 0.219. The molecule has 0 bridgehead atoms. The number of alkyl halides is 9. The van der Waals surface area contributed by atoms with Gasteiger partial charge in [0.1, 0.15) is 12.6 Å². The first-order chi connectivity index (χ1) is 18.2. The van der Waals surface area contributed by atoms with Crippen LogP contribution in [0.15, 0.2) is 36.4 Å². The second kappa shape index (κ2) is 12.9. The van der Waals surface area contributed by atoms with Crippen LogP contribution in [0.2, 0.25) is 15.1 Å². The molecular formula is C23H16Cl3F9N2O3. The van der Waals surface area contributed by atoms with Gasteiger partial charge >= 0.3 is 18.5 Å². The number of allylic oxidation sites excluding steroid dienone is 1. The number of hydrogen-bond donors (Lipinski definition) is 3. The van der Waals surface area contributed by atoms with Gasteiger partial charge in [0.05, 0.1) is 38.7 Å². The number of benzene rings is 2. The van der Waals surface area contributed by atoms with E-state index in [1.165, 1.54) is 5.32 Å². The van der Waals surface area contributed by atoms with E-state index in [-0.39, 0.29) is 15.1 Å². The smallest absolute Gasteiger partial charge is 0.394 e. The molecule has 220 valence electrons. The Hall–Kier alpha value is -2.68. The molecule has 0 aliphatic carbocycles. The van der Waals surface area contributed by atoms with E-state index in [9.17, 15) is 54.2 Å². The van der Waals surface area contributed by atoms with Crippen molar-refractivity contribution in [2.75, 3.05) is 13.2 Å². The Balaban J connectivity index is 2.40. The van der Waals surface area contributed by atoms with Crippen LogP contribution in [-0.4, -0.2) is 48.5 Å². The molecule has 3 N–H and O–H groups in total. The van der Waals surface area contributed by atoms with E-state index in [2.05, 4.69) is 0 Å². The second-order valence-corrected chi connectivity index (χ2v) is 9.21. The number of hydrogen-bond acceptors (Lipinski definition) is 3. The monoisotopic (exact) mass is 644 g/mol. The molecule has 1 unspecified atom stereocenters.